The standard InChI is InChI=1S/C9H14N4O3/c1-3-6(8(14)15)10-9(16)11-7-4-5-13(2)12-7/h4-6H,3H2,1-2H3,(H,14,15)(H2,10,11,12,16)/t6-/m1/s1. The van der Waals surface area contributed by atoms with Gasteiger partial charge < -0.3 is 10.4 Å². The molecule has 2 amide bonds. The van der Waals surface area contributed by atoms with Gasteiger partial charge >= 0.3 is 12.0 Å². The van der Waals surface area contributed by atoms with Crippen molar-refractivity contribution in [2.24, 2.45) is 7.05 Å². The van der Waals surface area contributed by atoms with Crippen LogP contribution in [0.15, 0.2) is 12.3 Å². The Labute approximate surface area is 92.4 Å². The van der Waals surface area contributed by atoms with Crippen molar-refractivity contribution in [2.45, 2.75) is 19.4 Å². The van der Waals surface area contributed by atoms with Crippen molar-refractivity contribution in [1.29, 1.82) is 0 Å². The van der Waals surface area contributed by atoms with Gasteiger partial charge in [0.1, 0.15) is 6.04 Å². The van der Waals surface area contributed by atoms with Gasteiger partial charge in [-0.2, -0.15) is 5.10 Å². The minimum Gasteiger partial charge on any atom is -0.480 e. The number of anilines is 1. The van der Waals surface area contributed by atoms with Crippen molar-refractivity contribution < 1.29 is 14.7 Å². The van der Waals surface area contributed by atoms with E-state index in [4.69, 9.17) is 5.11 Å². The number of carboxylic acid groups (broad SMARTS) is 1. The number of carbonyl (C=O) groups is 2. The minimum absolute atomic E-state index is 0.324. The first-order valence-electron chi connectivity index (χ1n) is 4.83. The number of amides is 2. The van der Waals surface area contributed by atoms with E-state index in [1.165, 1.54) is 4.68 Å². The van der Waals surface area contributed by atoms with Gasteiger partial charge in [0.2, 0.25) is 0 Å². The number of rotatable bonds is 4. The Morgan fingerprint density at radius 3 is 2.75 bits per heavy atom. The molecule has 1 atom stereocenters. The molecular formula is C9H14N4O3. The number of carboxylic acids is 1. The number of hydrogen-bond donors (Lipinski definition) is 3. The van der Waals surface area contributed by atoms with Gasteiger partial charge in [-0.1, -0.05) is 6.92 Å². The molecule has 1 rings (SSSR count). The van der Waals surface area contributed by atoms with Crippen LogP contribution in [0, 0.1) is 0 Å². The number of carbonyl (C=O) groups excluding carboxylic acids is 1. The summed E-state index contributed by atoms with van der Waals surface area (Å²) in [5.41, 5.74) is 0. The van der Waals surface area contributed by atoms with Gasteiger partial charge in [-0.25, -0.2) is 9.59 Å². The molecule has 0 aliphatic heterocycles. The van der Waals surface area contributed by atoms with Crippen molar-refractivity contribution in [3.8, 4) is 0 Å². The highest BCUT2D eigenvalue weighted by atomic mass is 16.4. The highest BCUT2D eigenvalue weighted by Gasteiger charge is 2.17. The Kier molecular flexibility index (Phi) is 3.87. The van der Waals surface area contributed by atoms with Gasteiger partial charge in [0.25, 0.3) is 0 Å². The Balaban J connectivity index is 2.50. The second-order valence-corrected chi connectivity index (χ2v) is 3.27. The molecule has 0 aromatic carbocycles. The normalized spacial score (nSPS) is 11.9. The van der Waals surface area contributed by atoms with Crippen LogP contribution in [0.5, 0.6) is 0 Å². The summed E-state index contributed by atoms with van der Waals surface area (Å²) in [5.74, 6) is -0.682. The second-order valence-electron chi connectivity index (χ2n) is 3.27. The van der Waals surface area contributed by atoms with Crippen molar-refractivity contribution in [1.82, 2.24) is 15.1 Å². The first-order chi connectivity index (χ1) is 7.52. The molecule has 0 fully saturated rings. The molecule has 0 aliphatic rings. The van der Waals surface area contributed by atoms with Crippen molar-refractivity contribution in [3.63, 3.8) is 0 Å². The third kappa shape index (κ3) is 3.26. The van der Waals surface area contributed by atoms with Crippen LogP contribution < -0.4 is 10.6 Å². The topological polar surface area (TPSA) is 96.3 Å². The minimum atomic E-state index is -1.06. The summed E-state index contributed by atoms with van der Waals surface area (Å²) in [6.07, 6.45) is 2.00. The van der Waals surface area contributed by atoms with Crippen LogP contribution in [0.4, 0.5) is 10.6 Å². The average Bonchev–Trinajstić information content (AvgIpc) is 2.60. The predicted octanol–water partition coefficient (Wildman–Crippen LogP) is 0.405. The fourth-order valence-electron chi connectivity index (χ4n) is 1.13. The van der Waals surface area contributed by atoms with Crippen LogP contribution in [-0.4, -0.2) is 32.9 Å². The van der Waals surface area contributed by atoms with E-state index in [2.05, 4.69) is 15.7 Å². The quantitative estimate of drug-likeness (QED) is 0.692. The van der Waals surface area contributed by atoms with Crippen molar-refractivity contribution >= 4 is 17.8 Å². The molecule has 0 spiro atoms. The van der Waals surface area contributed by atoms with Crippen LogP contribution in [-0.2, 0) is 11.8 Å². The fraction of sp³-hybridized carbons (Fsp3) is 0.444. The van der Waals surface area contributed by atoms with Gasteiger partial charge in [-0.3, -0.25) is 10.00 Å². The lowest BCUT2D eigenvalue weighted by Crippen LogP contribution is -2.42. The number of nitrogens with zero attached hydrogens (tertiary/aromatic N) is 2. The zero-order chi connectivity index (χ0) is 12.1. The molecule has 1 aromatic heterocycles. The third-order valence-electron chi connectivity index (χ3n) is 1.97. The van der Waals surface area contributed by atoms with Gasteiger partial charge in [0.05, 0.1) is 0 Å². The molecule has 0 saturated heterocycles. The number of aromatic nitrogens is 2. The maximum absolute atomic E-state index is 11.4. The lowest BCUT2D eigenvalue weighted by molar-refractivity contribution is -0.139. The van der Waals surface area contributed by atoms with Crippen LogP contribution in [0.25, 0.3) is 0 Å². The molecule has 88 valence electrons. The summed E-state index contributed by atoms with van der Waals surface area (Å²) < 4.78 is 1.53. The first kappa shape index (κ1) is 12.0. The Morgan fingerprint density at radius 2 is 2.31 bits per heavy atom. The molecule has 0 saturated carbocycles. The predicted molar refractivity (Wildman–Crippen MR) is 57.1 cm³/mol. The lowest BCUT2D eigenvalue weighted by Gasteiger charge is -2.11. The van der Waals surface area contributed by atoms with Crippen LogP contribution >= 0.6 is 0 Å². The van der Waals surface area contributed by atoms with Crippen LogP contribution in [0.2, 0.25) is 0 Å². The molecule has 1 heterocycles. The van der Waals surface area contributed by atoms with E-state index < -0.39 is 18.0 Å². The Bertz CT molecular complexity index is 388. The number of aliphatic carboxylic acids is 1. The fourth-order valence-corrected chi connectivity index (χ4v) is 1.13. The van der Waals surface area contributed by atoms with E-state index in [1.54, 1.807) is 26.2 Å². The lowest BCUT2D eigenvalue weighted by atomic mass is 10.2. The van der Waals surface area contributed by atoms with Gasteiger partial charge in [-0.15, -0.1) is 0 Å². The van der Waals surface area contributed by atoms with E-state index in [-0.39, 0.29) is 0 Å². The monoisotopic (exact) mass is 226 g/mol. The largest absolute Gasteiger partial charge is 0.480 e. The van der Waals surface area contributed by atoms with Crippen LogP contribution in [0.3, 0.4) is 0 Å². The highest BCUT2D eigenvalue weighted by molar-refractivity contribution is 5.91. The molecular weight excluding hydrogens is 212 g/mol. The zero-order valence-electron chi connectivity index (χ0n) is 9.10. The van der Waals surface area contributed by atoms with E-state index in [1.807, 2.05) is 0 Å². The van der Waals surface area contributed by atoms with E-state index in [9.17, 15) is 9.59 Å². The molecule has 7 nitrogen and oxygen atoms in total. The zero-order valence-corrected chi connectivity index (χ0v) is 9.10. The number of hydrogen-bond acceptors (Lipinski definition) is 3. The molecule has 1 aromatic rings. The van der Waals surface area contributed by atoms with E-state index in [0.29, 0.717) is 12.2 Å². The number of urea groups is 1. The third-order valence-corrected chi connectivity index (χ3v) is 1.97. The summed E-state index contributed by atoms with van der Waals surface area (Å²) in [4.78, 5) is 22.0. The molecule has 7 heteroatoms. The summed E-state index contributed by atoms with van der Waals surface area (Å²) in [5, 5.41) is 17.4. The second kappa shape index (κ2) is 5.15. The van der Waals surface area contributed by atoms with Crippen molar-refractivity contribution in [3.05, 3.63) is 12.3 Å². The van der Waals surface area contributed by atoms with Gasteiger partial charge in [0, 0.05) is 19.3 Å². The summed E-state index contributed by atoms with van der Waals surface area (Å²) in [6.45, 7) is 1.68. The maximum Gasteiger partial charge on any atom is 0.326 e. The van der Waals surface area contributed by atoms with E-state index >= 15 is 0 Å². The summed E-state index contributed by atoms with van der Waals surface area (Å²) in [6, 6.07) is 0.151. The maximum atomic E-state index is 11.4. The molecule has 0 bridgehead atoms. The molecule has 0 radical (unpaired) electrons. The smallest absolute Gasteiger partial charge is 0.326 e. The summed E-state index contributed by atoms with van der Waals surface area (Å²) >= 11 is 0. The van der Waals surface area contributed by atoms with Crippen LogP contribution in [0.1, 0.15) is 13.3 Å². The molecule has 3 N–H and O–H groups in total. The number of aryl methyl sites for hydroxylation is 1. The van der Waals surface area contributed by atoms with Gasteiger partial charge in [-0.05, 0) is 6.42 Å². The summed E-state index contributed by atoms with van der Waals surface area (Å²) in [7, 11) is 1.72. The molecule has 0 aliphatic carbocycles. The highest BCUT2D eigenvalue weighted by Crippen LogP contribution is 2.00. The SMILES string of the molecule is CC[C@@H](NC(=O)Nc1ccn(C)n1)C(=O)O. The Morgan fingerprint density at radius 1 is 1.62 bits per heavy atom. The average molecular weight is 226 g/mol. The molecule has 0 unspecified atom stereocenters. The first-order valence-corrected chi connectivity index (χ1v) is 4.83. The van der Waals surface area contributed by atoms with E-state index in [0.717, 1.165) is 0 Å². The Hall–Kier alpha value is -2.05. The molecule has 16 heavy (non-hydrogen) atoms. The van der Waals surface area contributed by atoms with Gasteiger partial charge in [0.15, 0.2) is 5.82 Å². The number of nitrogens with one attached hydrogen (secondary N) is 2. The van der Waals surface area contributed by atoms with Crippen molar-refractivity contribution in [2.75, 3.05) is 5.32 Å².